The van der Waals surface area contributed by atoms with Crippen molar-refractivity contribution in [2.75, 3.05) is 31.6 Å². The van der Waals surface area contributed by atoms with E-state index in [9.17, 15) is 13.2 Å². The first-order valence-corrected chi connectivity index (χ1v) is 9.58. The number of hydrogen-bond donors (Lipinski definition) is 2. The molecule has 0 aromatic heterocycles. The van der Waals surface area contributed by atoms with Crippen molar-refractivity contribution in [3.05, 3.63) is 54.1 Å². The molecule has 140 valence electrons. The van der Waals surface area contributed by atoms with Gasteiger partial charge in [-0.15, -0.1) is 0 Å². The number of amides is 1. The predicted octanol–water partition coefficient (Wildman–Crippen LogP) is 2.26. The molecule has 0 unspecified atom stereocenters. The van der Waals surface area contributed by atoms with E-state index in [0.717, 1.165) is 0 Å². The number of sulfonamides is 1. The van der Waals surface area contributed by atoms with Gasteiger partial charge in [-0.1, -0.05) is 18.2 Å². The number of benzene rings is 2. The van der Waals surface area contributed by atoms with E-state index in [4.69, 9.17) is 9.47 Å². The summed E-state index contributed by atoms with van der Waals surface area (Å²) in [4.78, 5) is 12.1. The third kappa shape index (κ3) is 5.21. The second kappa shape index (κ2) is 9.21. The van der Waals surface area contributed by atoms with E-state index in [1.165, 1.54) is 25.3 Å². The lowest BCUT2D eigenvalue weighted by molar-refractivity contribution is 0.0937. The van der Waals surface area contributed by atoms with Gasteiger partial charge in [0.05, 0.1) is 23.8 Å². The Hall–Kier alpha value is -2.58. The first kappa shape index (κ1) is 19.7. The van der Waals surface area contributed by atoms with E-state index in [2.05, 4.69) is 10.0 Å². The molecule has 7 nitrogen and oxygen atoms in total. The molecule has 0 fully saturated rings. The van der Waals surface area contributed by atoms with Gasteiger partial charge in [0, 0.05) is 19.2 Å². The lowest BCUT2D eigenvalue weighted by atomic mass is 10.2. The standard InChI is InChI=1S/C18H22N2O5S/c1-3-25-17-10-5-4-9-16(17)20-26(22,23)15-8-6-7-14(13-15)18(21)19-11-12-24-2/h4-10,13,20H,3,11-12H2,1-2H3,(H,19,21). The first-order valence-electron chi connectivity index (χ1n) is 8.09. The highest BCUT2D eigenvalue weighted by molar-refractivity contribution is 7.92. The predicted molar refractivity (Wildman–Crippen MR) is 99.1 cm³/mol. The summed E-state index contributed by atoms with van der Waals surface area (Å²) in [5.74, 6) is 0.0702. The number of methoxy groups -OCH3 is 1. The van der Waals surface area contributed by atoms with Crippen LogP contribution in [0.2, 0.25) is 0 Å². The number of nitrogens with one attached hydrogen (secondary N) is 2. The quantitative estimate of drug-likeness (QED) is 0.653. The minimum atomic E-state index is -3.87. The van der Waals surface area contributed by atoms with E-state index >= 15 is 0 Å². The highest BCUT2D eigenvalue weighted by Gasteiger charge is 2.18. The van der Waals surface area contributed by atoms with Crippen molar-refractivity contribution in [1.29, 1.82) is 0 Å². The van der Waals surface area contributed by atoms with Crippen LogP contribution in [0.3, 0.4) is 0 Å². The number of rotatable bonds is 9. The summed E-state index contributed by atoms with van der Waals surface area (Å²) in [5.41, 5.74) is 0.589. The molecule has 0 atom stereocenters. The van der Waals surface area contributed by atoms with Crippen LogP contribution in [0.5, 0.6) is 5.75 Å². The van der Waals surface area contributed by atoms with Crippen LogP contribution < -0.4 is 14.8 Å². The Morgan fingerprint density at radius 3 is 2.62 bits per heavy atom. The number of carbonyl (C=O) groups excluding carboxylic acids is 1. The zero-order valence-corrected chi connectivity index (χ0v) is 15.5. The maximum absolute atomic E-state index is 12.7. The lowest BCUT2D eigenvalue weighted by Gasteiger charge is -2.13. The normalized spacial score (nSPS) is 11.0. The molecule has 1 amide bonds. The van der Waals surface area contributed by atoms with Crippen molar-refractivity contribution < 1.29 is 22.7 Å². The highest BCUT2D eigenvalue weighted by Crippen LogP contribution is 2.26. The molecule has 0 aliphatic rings. The molecule has 26 heavy (non-hydrogen) atoms. The van der Waals surface area contributed by atoms with Crippen molar-refractivity contribution in [2.24, 2.45) is 0 Å². The van der Waals surface area contributed by atoms with Gasteiger partial charge in [0.15, 0.2) is 0 Å². The fourth-order valence-corrected chi connectivity index (χ4v) is 3.33. The summed E-state index contributed by atoms with van der Waals surface area (Å²) >= 11 is 0. The summed E-state index contributed by atoms with van der Waals surface area (Å²) < 4.78 is 38.2. The molecule has 0 spiro atoms. The molecule has 0 saturated heterocycles. The van der Waals surface area contributed by atoms with Gasteiger partial charge < -0.3 is 14.8 Å². The van der Waals surface area contributed by atoms with Crippen LogP contribution >= 0.6 is 0 Å². The Labute approximate surface area is 153 Å². The van der Waals surface area contributed by atoms with Crippen LogP contribution in [0.25, 0.3) is 0 Å². The van der Waals surface area contributed by atoms with Crippen molar-refractivity contribution in [2.45, 2.75) is 11.8 Å². The molecule has 0 saturated carbocycles. The maximum atomic E-state index is 12.7. The zero-order valence-electron chi connectivity index (χ0n) is 14.7. The number of anilines is 1. The SMILES string of the molecule is CCOc1ccccc1NS(=O)(=O)c1cccc(C(=O)NCCOC)c1. The van der Waals surface area contributed by atoms with Crippen LogP contribution in [-0.2, 0) is 14.8 Å². The summed E-state index contributed by atoms with van der Waals surface area (Å²) in [6.07, 6.45) is 0. The van der Waals surface area contributed by atoms with E-state index in [1.807, 2.05) is 6.92 Å². The molecule has 2 aromatic carbocycles. The lowest BCUT2D eigenvalue weighted by Crippen LogP contribution is -2.27. The summed E-state index contributed by atoms with van der Waals surface area (Å²) in [5, 5.41) is 2.65. The Morgan fingerprint density at radius 1 is 1.12 bits per heavy atom. The molecule has 2 N–H and O–H groups in total. The van der Waals surface area contributed by atoms with Gasteiger partial charge >= 0.3 is 0 Å². The third-order valence-electron chi connectivity index (χ3n) is 3.43. The Bertz CT molecular complexity index is 852. The molecule has 8 heteroatoms. The summed E-state index contributed by atoms with van der Waals surface area (Å²) in [6.45, 7) is 2.94. The van der Waals surface area contributed by atoms with Crippen molar-refractivity contribution in [1.82, 2.24) is 5.32 Å². The van der Waals surface area contributed by atoms with Gasteiger partial charge in [-0.05, 0) is 37.3 Å². The molecule has 0 aliphatic heterocycles. The fraction of sp³-hybridized carbons (Fsp3) is 0.278. The van der Waals surface area contributed by atoms with Gasteiger partial charge in [-0.3, -0.25) is 9.52 Å². The van der Waals surface area contributed by atoms with E-state index in [1.54, 1.807) is 30.3 Å². The molecular formula is C18H22N2O5S. The summed E-state index contributed by atoms with van der Waals surface area (Å²) in [7, 11) is -2.34. The molecule has 2 aromatic rings. The smallest absolute Gasteiger partial charge is 0.262 e. The van der Waals surface area contributed by atoms with Crippen molar-refractivity contribution >= 4 is 21.6 Å². The Kier molecular flexibility index (Phi) is 6.99. The van der Waals surface area contributed by atoms with Crippen LogP contribution in [0, 0.1) is 0 Å². The number of hydrogen-bond acceptors (Lipinski definition) is 5. The molecule has 0 aliphatic carbocycles. The minimum Gasteiger partial charge on any atom is -0.492 e. The molecule has 2 rings (SSSR count). The molecule has 0 radical (unpaired) electrons. The van der Waals surface area contributed by atoms with Crippen molar-refractivity contribution in [3.8, 4) is 5.75 Å². The Morgan fingerprint density at radius 2 is 1.88 bits per heavy atom. The molecule has 0 heterocycles. The zero-order chi connectivity index (χ0) is 19.0. The minimum absolute atomic E-state index is 0.0109. The second-order valence-corrected chi connectivity index (χ2v) is 6.99. The maximum Gasteiger partial charge on any atom is 0.262 e. The number of para-hydroxylation sites is 2. The topological polar surface area (TPSA) is 93.7 Å². The largest absolute Gasteiger partial charge is 0.492 e. The van der Waals surface area contributed by atoms with Crippen LogP contribution in [-0.4, -0.2) is 41.2 Å². The number of carbonyl (C=O) groups is 1. The summed E-state index contributed by atoms with van der Waals surface area (Å²) in [6, 6.07) is 12.6. The van der Waals surface area contributed by atoms with E-state index in [-0.39, 0.29) is 16.4 Å². The molecule has 0 bridgehead atoms. The van der Waals surface area contributed by atoms with Gasteiger partial charge in [0.25, 0.3) is 15.9 Å². The average molecular weight is 378 g/mol. The van der Waals surface area contributed by atoms with Crippen molar-refractivity contribution in [3.63, 3.8) is 0 Å². The Balaban J connectivity index is 2.22. The van der Waals surface area contributed by atoms with E-state index < -0.39 is 10.0 Å². The van der Waals surface area contributed by atoms with Gasteiger partial charge in [-0.25, -0.2) is 8.42 Å². The van der Waals surface area contributed by atoms with Gasteiger partial charge in [0.2, 0.25) is 0 Å². The fourth-order valence-electron chi connectivity index (χ4n) is 2.21. The first-order chi connectivity index (χ1) is 12.5. The second-order valence-electron chi connectivity index (χ2n) is 5.31. The average Bonchev–Trinajstić information content (AvgIpc) is 2.63. The van der Waals surface area contributed by atoms with Gasteiger partial charge in [-0.2, -0.15) is 0 Å². The van der Waals surface area contributed by atoms with Gasteiger partial charge in [0.1, 0.15) is 5.75 Å². The van der Waals surface area contributed by atoms with Crippen LogP contribution in [0.1, 0.15) is 17.3 Å². The monoisotopic (exact) mass is 378 g/mol. The third-order valence-corrected chi connectivity index (χ3v) is 4.79. The van der Waals surface area contributed by atoms with Crippen LogP contribution in [0.15, 0.2) is 53.4 Å². The van der Waals surface area contributed by atoms with Crippen LogP contribution in [0.4, 0.5) is 5.69 Å². The number of ether oxygens (including phenoxy) is 2. The molecular weight excluding hydrogens is 356 g/mol. The van der Waals surface area contributed by atoms with E-state index in [0.29, 0.717) is 31.2 Å². The highest BCUT2D eigenvalue weighted by atomic mass is 32.2.